The van der Waals surface area contributed by atoms with E-state index in [1.165, 1.54) is 0 Å². The molecule has 8 heteroatoms. The zero-order valence-corrected chi connectivity index (χ0v) is 23.1. The molecule has 5 aromatic rings. The van der Waals surface area contributed by atoms with E-state index in [9.17, 15) is 9.59 Å². The van der Waals surface area contributed by atoms with E-state index >= 15 is 0 Å². The van der Waals surface area contributed by atoms with Crippen LogP contribution in [0.3, 0.4) is 0 Å². The van der Waals surface area contributed by atoms with Crippen LogP contribution in [-0.2, 0) is 6.54 Å². The summed E-state index contributed by atoms with van der Waals surface area (Å²) in [7, 11) is 2.14. The molecule has 2 N–H and O–H groups in total. The number of ether oxygens (including phenoxy) is 1. The highest BCUT2D eigenvalue weighted by Crippen LogP contribution is 2.34. The second kappa shape index (κ2) is 11.4. The maximum atomic E-state index is 13.2. The molecule has 41 heavy (non-hydrogen) atoms. The zero-order chi connectivity index (χ0) is 28.3. The van der Waals surface area contributed by atoms with Gasteiger partial charge in [-0.15, -0.1) is 0 Å². The molecule has 1 aromatic heterocycles. The predicted octanol–water partition coefficient (Wildman–Crippen LogP) is 6.51. The van der Waals surface area contributed by atoms with Gasteiger partial charge >= 0.3 is 6.09 Å². The maximum Gasteiger partial charge on any atom is 0.417 e. The first-order valence-corrected chi connectivity index (χ1v) is 13.7. The van der Waals surface area contributed by atoms with Crippen molar-refractivity contribution in [3.63, 3.8) is 0 Å². The molecule has 1 aliphatic heterocycles. The molecule has 0 spiro atoms. The van der Waals surface area contributed by atoms with Crippen LogP contribution in [0, 0.1) is 6.92 Å². The summed E-state index contributed by atoms with van der Waals surface area (Å²) in [5, 5.41) is 7.59. The largest absolute Gasteiger partial charge is 0.452 e. The van der Waals surface area contributed by atoms with Crippen LogP contribution in [0.15, 0.2) is 89.3 Å². The highest BCUT2D eigenvalue weighted by molar-refractivity contribution is 6.07. The van der Waals surface area contributed by atoms with Crippen LogP contribution in [0.2, 0.25) is 0 Å². The lowest BCUT2D eigenvalue weighted by molar-refractivity contribution is 0.102. The van der Waals surface area contributed by atoms with Gasteiger partial charge in [-0.1, -0.05) is 48.5 Å². The van der Waals surface area contributed by atoms with Gasteiger partial charge in [0.05, 0.1) is 0 Å². The van der Waals surface area contributed by atoms with E-state index in [0.29, 0.717) is 28.3 Å². The SMILES string of the molecule is Cc1ccc(NC(=O)Oc2cccc3c2oc2ccccc23)cc1NC(=O)c1cccc(CN2CCN(C)CC2)c1. The Labute approximate surface area is 238 Å². The Balaban J connectivity index is 1.13. The van der Waals surface area contributed by atoms with Gasteiger partial charge in [-0.05, 0) is 61.5 Å². The van der Waals surface area contributed by atoms with E-state index in [-0.39, 0.29) is 5.91 Å². The van der Waals surface area contributed by atoms with Gasteiger partial charge in [-0.2, -0.15) is 0 Å². The number of nitrogens with one attached hydrogen (secondary N) is 2. The molecule has 0 unspecified atom stereocenters. The molecule has 0 bridgehead atoms. The molecule has 0 atom stereocenters. The number of hydrogen-bond donors (Lipinski definition) is 2. The lowest BCUT2D eigenvalue weighted by Gasteiger charge is -2.32. The van der Waals surface area contributed by atoms with E-state index in [2.05, 4.69) is 33.5 Å². The third-order valence-electron chi connectivity index (χ3n) is 7.49. The molecular formula is C33H32N4O4. The summed E-state index contributed by atoms with van der Waals surface area (Å²) >= 11 is 0. The number of fused-ring (bicyclic) bond motifs is 3. The fraction of sp³-hybridized carbons (Fsp3) is 0.212. The molecule has 1 aliphatic rings. The number of likely N-dealkylation sites (N-methyl/N-ethyl adjacent to an activating group) is 1. The number of para-hydroxylation sites is 2. The Morgan fingerprint density at radius 3 is 2.49 bits per heavy atom. The van der Waals surface area contributed by atoms with Gasteiger partial charge in [-0.3, -0.25) is 15.0 Å². The lowest BCUT2D eigenvalue weighted by Crippen LogP contribution is -2.43. The van der Waals surface area contributed by atoms with Gasteiger partial charge in [0.15, 0.2) is 11.3 Å². The third kappa shape index (κ3) is 5.94. The normalized spacial score (nSPS) is 14.3. The zero-order valence-electron chi connectivity index (χ0n) is 23.1. The van der Waals surface area contributed by atoms with Gasteiger partial charge in [-0.25, -0.2) is 4.79 Å². The third-order valence-corrected chi connectivity index (χ3v) is 7.49. The van der Waals surface area contributed by atoms with Crippen molar-refractivity contribution in [2.45, 2.75) is 13.5 Å². The number of furan rings is 1. The molecule has 0 saturated carbocycles. The van der Waals surface area contributed by atoms with Gasteiger partial charge < -0.3 is 19.4 Å². The van der Waals surface area contributed by atoms with Crippen LogP contribution in [0.5, 0.6) is 5.75 Å². The topological polar surface area (TPSA) is 87.0 Å². The average molecular weight is 549 g/mol. The first-order chi connectivity index (χ1) is 19.9. The van der Waals surface area contributed by atoms with Crippen LogP contribution in [-0.4, -0.2) is 55.0 Å². The van der Waals surface area contributed by atoms with Crippen molar-refractivity contribution in [2.24, 2.45) is 0 Å². The molecule has 208 valence electrons. The molecule has 0 radical (unpaired) electrons. The highest BCUT2D eigenvalue weighted by atomic mass is 16.6. The Bertz CT molecular complexity index is 1740. The fourth-order valence-corrected chi connectivity index (χ4v) is 5.15. The average Bonchev–Trinajstić information content (AvgIpc) is 3.36. The van der Waals surface area contributed by atoms with Gasteiger partial charge in [0, 0.05) is 60.4 Å². The number of hydrogen-bond acceptors (Lipinski definition) is 6. The smallest absolute Gasteiger partial charge is 0.417 e. The molecule has 6 rings (SSSR count). The second-order valence-corrected chi connectivity index (χ2v) is 10.5. The van der Waals surface area contributed by atoms with E-state index in [0.717, 1.165) is 60.2 Å². The molecule has 8 nitrogen and oxygen atoms in total. The van der Waals surface area contributed by atoms with Crippen molar-refractivity contribution in [3.8, 4) is 5.75 Å². The monoisotopic (exact) mass is 548 g/mol. The summed E-state index contributed by atoms with van der Waals surface area (Å²) in [5.74, 6) is 0.123. The number of piperazine rings is 1. The summed E-state index contributed by atoms with van der Waals surface area (Å²) in [6, 6.07) is 26.2. The van der Waals surface area contributed by atoms with Crippen molar-refractivity contribution in [1.29, 1.82) is 0 Å². The number of aryl methyl sites for hydroxylation is 1. The number of benzene rings is 4. The minimum Gasteiger partial charge on any atom is -0.452 e. The predicted molar refractivity (Wildman–Crippen MR) is 162 cm³/mol. The minimum atomic E-state index is -0.657. The van der Waals surface area contributed by atoms with Gasteiger partial charge in [0.1, 0.15) is 5.58 Å². The van der Waals surface area contributed by atoms with Gasteiger partial charge in [0.25, 0.3) is 5.91 Å². The summed E-state index contributed by atoms with van der Waals surface area (Å²) < 4.78 is 11.6. The number of nitrogens with zero attached hydrogens (tertiary/aromatic N) is 2. The van der Waals surface area contributed by atoms with Crippen molar-refractivity contribution in [1.82, 2.24) is 9.80 Å². The molecule has 4 aromatic carbocycles. The van der Waals surface area contributed by atoms with E-state index in [4.69, 9.17) is 9.15 Å². The molecule has 0 aliphatic carbocycles. The van der Waals surface area contributed by atoms with Crippen molar-refractivity contribution in [2.75, 3.05) is 43.9 Å². The number of amides is 2. The van der Waals surface area contributed by atoms with Crippen molar-refractivity contribution >= 4 is 45.3 Å². The standard InChI is InChI=1S/C33H32N4O4/c1-22-13-14-25(34-33(39)41-30-12-6-10-27-26-9-3-4-11-29(26)40-31(27)30)20-28(22)35-32(38)24-8-5-7-23(19-24)21-37-17-15-36(2)16-18-37/h3-14,19-20H,15-18,21H2,1-2H3,(H,34,39)(H,35,38). The van der Waals surface area contributed by atoms with Crippen LogP contribution in [0.25, 0.3) is 21.9 Å². The Hall–Kier alpha value is -4.66. The minimum absolute atomic E-state index is 0.204. The molecule has 1 fully saturated rings. The quantitative estimate of drug-likeness (QED) is 0.252. The maximum absolute atomic E-state index is 13.2. The van der Waals surface area contributed by atoms with Crippen LogP contribution in [0.4, 0.5) is 16.2 Å². The number of rotatable bonds is 6. The number of anilines is 2. The van der Waals surface area contributed by atoms with Crippen LogP contribution >= 0.6 is 0 Å². The summed E-state index contributed by atoms with van der Waals surface area (Å²) in [6.45, 7) is 6.85. The van der Waals surface area contributed by atoms with E-state index in [1.54, 1.807) is 18.2 Å². The van der Waals surface area contributed by atoms with Gasteiger partial charge in [0.2, 0.25) is 0 Å². The summed E-state index contributed by atoms with van der Waals surface area (Å²) in [5.41, 5.74) is 4.91. The molecule has 2 heterocycles. The van der Waals surface area contributed by atoms with Crippen LogP contribution in [0.1, 0.15) is 21.5 Å². The van der Waals surface area contributed by atoms with E-state index < -0.39 is 6.09 Å². The Morgan fingerprint density at radius 2 is 1.63 bits per heavy atom. The Kier molecular flexibility index (Phi) is 7.41. The van der Waals surface area contributed by atoms with Crippen molar-refractivity contribution < 1.29 is 18.7 Å². The first kappa shape index (κ1) is 26.6. The molecule has 1 saturated heterocycles. The highest BCUT2D eigenvalue weighted by Gasteiger charge is 2.17. The molecule has 2 amide bonds. The summed E-state index contributed by atoms with van der Waals surface area (Å²) in [6.07, 6.45) is -0.657. The van der Waals surface area contributed by atoms with Crippen molar-refractivity contribution in [3.05, 3.63) is 102 Å². The fourth-order valence-electron chi connectivity index (χ4n) is 5.15. The van der Waals surface area contributed by atoms with E-state index in [1.807, 2.05) is 67.6 Å². The number of carbonyl (C=O) groups excluding carboxylic acids is 2. The molecular weight excluding hydrogens is 516 g/mol. The number of carbonyl (C=O) groups is 2. The lowest BCUT2D eigenvalue weighted by atomic mass is 10.1. The first-order valence-electron chi connectivity index (χ1n) is 13.7. The van der Waals surface area contributed by atoms with Crippen LogP contribution < -0.4 is 15.4 Å². The Morgan fingerprint density at radius 1 is 0.854 bits per heavy atom. The second-order valence-electron chi connectivity index (χ2n) is 10.5. The summed E-state index contributed by atoms with van der Waals surface area (Å²) in [4.78, 5) is 30.7.